The Morgan fingerprint density at radius 1 is 1.38 bits per heavy atom. The number of halogens is 2. The van der Waals surface area contributed by atoms with Gasteiger partial charge in [0, 0.05) is 5.56 Å². The van der Waals surface area contributed by atoms with Gasteiger partial charge in [0.1, 0.15) is 5.69 Å². The van der Waals surface area contributed by atoms with Crippen molar-refractivity contribution >= 4 is 11.6 Å². The lowest BCUT2D eigenvalue weighted by molar-refractivity contribution is 0.631. The lowest BCUT2D eigenvalue weighted by atomic mass is 10.1. The number of rotatable bonds is 1. The second kappa shape index (κ2) is 3.14. The third-order valence-corrected chi connectivity index (χ3v) is 1.93. The molecule has 66 valence electrons. The lowest BCUT2D eigenvalue weighted by Crippen LogP contribution is -1.85. The van der Waals surface area contributed by atoms with Crippen LogP contribution in [0.25, 0.3) is 11.3 Å². The van der Waals surface area contributed by atoms with Gasteiger partial charge in [0.15, 0.2) is 5.82 Å². The molecule has 2 aromatic rings. The fourth-order valence-corrected chi connectivity index (χ4v) is 1.21. The Balaban J connectivity index is 2.59. The Bertz CT molecular complexity index is 413. The summed E-state index contributed by atoms with van der Waals surface area (Å²) in [7, 11) is 0. The lowest BCUT2D eigenvalue weighted by Gasteiger charge is -1.98. The zero-order valence-electron chi connectivity index (χ0n) is 6.46. The minimum atomic E-state index is -0.474. The van der Waals surface area contributed by atoms with E-state index in [1.807, 2.05) is 0 Å². The number of H-pyrrole nitrogens is 1. The first-order valence-electron chi connectivity index (χ1n) is 3.59. The molecule has 3 nitrogen and oxygen atoms in total. The zero-order valence-corrected chi connectivity index (χ0v) is 7.22. The molecule has 0 atom stereocenters. The zero-order chi connectivity index (χ0) is 9.26. The number of nitrogens with one attached hydrogen (secondary N) is 1. The summed E-state index contributed by atoms with van der Waals surface area (Å²) in [6.07, 6.45) is 1.44. The van der Waals surface area contributed by atoms with Crippen LogP contribution in [0, 0.1) is 5.82 Å². The number of hydrogen-bond acceptors (Lipinski definition) is 2. The van der Waals surface area contributed by atoms with Crippen LogP contribution in [0.4, 0.5) is 4.39 Å². The molecule has 1 heterocycles. The van der Waals surface area contributed by atoms with E-state index in [0.717, 1.165) is 0 Å². The number of aromatic nitrogens is 3. The van der Waals surface area contributed by atoms with E-state index in [-0.39, 0.29) is 5.02 Å². The van der Waals surface area contributed by atoms with Gasteiger partial charge in [-0.1, -0.05) is 17.7 Å². The van der Waals surface area contributed by atoms with Gasteiger partial charge in [-0.2, -0.15) is 15.4 Å². The minimum absolute atomic E-state index is 0.0838. The number of hydrogen-bond donors (Lipinski definition) is 1. The van der Waals surface area contributed by atoms with Crippen LogP contribution in [0.15, 0.2) is 24.4 Å². The smallest absolute Gasteiger partial charge is 0.151 e. The highest BCUT2D eigenvalue weighted by molar-refractivity contribution is 6.31. The van der Waals surface area contributed by atoms with Crippen molar-refractivity contribution in [1.29, 1.82) is 0 Å². The van der Waals surface area contributed by atoms with Gasteiger partial charge in [0.25, 0.3) is 0 Å². The van der Waals surface area contributed by atoms with Crippen LogP contribution in [-0.2, 0) is 0 Å². The first-order chi connectivity index (χ1) is 6.29. The third-order valence-electron chi connectivity index (χ3n) is 1.64. The highest BCUT2D eigenvalue weighted by Gasteiger charge is 2.09. The van der Waals surface area contributed by atoms with Crippen molar-refractivity contribution in [3.63, 3.8) is 0 Å². The quantitative estimate of drug-likeness (QED) is 0.762. The van der Waals surface area contributed by atoms with Gasteiger partial charge >= 0.3 is 0 Å². The molecular formula is C8H5ClFN3. The summed E-state index contributed by atoms with van der Waals surface area (Å²) >= 11 is 5.60. The van der Waals surface area contributed by atoms with Gasteiger partial charge in [0.05, 0.1) is 11.2 Å². The molecule has 0 unspecified atom stereocenters. The summed E-state index contributed by atoms with van der Waals surface area (Å²) in [4.78, 5) is 0. The van der Waals surface area contributed by atoms with E-state index in [1.54, 1.807) is 12.1 Å². The minimum Gasteiger partial charge on any atom is -0.205 e. The normalized spacial score (nSPS) is 10.3. The van der Waals surface area contributed by atoms with E-state index in [9.17, 15) is 4.39 Å². The standard InChI is InChI=1S/C8H5ClFN3/c9-6-3-1-2-5(8(6)10)7-4-11-13-12-7/h1-4H,(H,11,12,13). The van der Waals surface area contributed by atoms with E-state index in [1.165, 1.54) is 12.3 Å². The third kappa shape index (κ3) is 1.40. The van der Waals surface area contributed by atoms with Crippen molar-refractivity contribution in [1.82, 2.24) is 15.4 Å². The number of aromatic amines is 1. The Morgan fingerprint density at radius 3 is 2.92 bits per heavy atom. The van der Waals surface area contributed by atoms with Gasteiger partial charge in [-0.25, -0.2) is 4.39 Å². The predicted molar refractivity (Wildman–Crippen MR) is 46.8 cm³/mol. The van der Waals surface area contributed by atoms with E-state index >= 15 is 0 Å². The van der Waals surface area contributed by atoms with Crippen LogP contribution in [0.2, 0.25) is 5.02 Å². The van der Waals surface area contributed by atoms with E-state index < -0.39 is 5.82 Å². The molecule has 0 saturated heterocycles. The molecule has 0 aliphatic rings. The summed E-state index contributed by atoms with van der Waals surface area (Å²) in [6.45, 7) is 0. The molecule has 5 heteroatoms. The SMILES string of the molecule is Fc1c(Cl)cccc1-c1cn[nH]n1. The van der Waals surface area contributed by atoms with Gasteiger partial charge in [-0.05, 0) is 12.1 Å². The molecule has 2 rings (SSSR count). The van der Waals surface area contributed by atoms with Crippen LogP contribution in [-0.4, -0.2) is 15.4 Å². The molecule has 0 radical (unpaired) electrons. The highest BCUT2D eigenvalue weighted by Crippen LogP contribution is 2.24. The molecule has 0 spiro atoms. The predicted octanol–water partition coefficient (Wildman–Crippen LogP) is 2.26. The van der Waals surface area contributed by atoms with Crippen LogP contribution < -0.4 is 0 Å². The summed E-state index contributed by atoms with van der Waals surface area (Å²) in [5.74, 6) is -0.474. The number of nitrogens with zero attached hydrogens (tertiary/aromatic N) is 2. The Hall–Kier alpha value is -1.42. The maximum Gasteiger partial charge on any atom is 0.151 e. The Labute approximate surface area is 78.5 Å². The summed E-state index contributed by atoms with van der Waals surface area (Å²) in [6, 6.07) is 4.75. The molecule has 13 heavy (non-hydrogen) atoms. The van der Waals surface area contributed by atoms with Crippen molar-refractivity contribution in [3.05, 3.63) is 35.2 Å². The van der Waals surface area contributed by atoms with Crippen LogP contribution in [0.3, 0.4) is 0 Å². The molecule has 0 fully saturated rings. The van der Waals surface area contributed by atoms with Crippen molar-refractivity contribution in [2.75, 3.05) is 0 Å². The molecular weight excluding hydrogens is 193 g/mol. The second-order valence-electron chi connectivity index (χ2n) is 2.46. The maximum atomic E-state index is 13.4. The molecule has 0 aliphatic heterocycles. The van der Waals surface area contributed by atoms with E-state index in [4.69, 9.17) is 11.6 Å². The molecule has 0 amide bonds. The largest absolute Gasteiger partial charge is 0.205 e. The average Bonchev–Trinajstić information content (AvgIpc) is 2.62. The van der Waals surface area contributed by atoms with E-state index in [0.29, 0.717) is 11.3 Å². The maximum absolute atomic E-state index is 13.4. The van der Waals surface area contributed by atoms with Gasteiger partial charge in [-0.15, -0.1) is 0 Å². The molecule has 0 aliphatic carbocycles. The van der Waals surface area contributed by atoms with Gasteiger partial charge in [-0.3, -0.25) is 0 Å². The first-order valence-corrected chi connectivity index (χ1v) is 3.97. The first kappa shape index (κ1) is 8.19. The number of benzene rings is 1. The van der Waals surface area contributed by atoms with Crippen molar-refractivity contribution in [2.45, 2.75) is 0 Å². The highest BCUT2D eigenvalue weighted by atomic mass is 35.5. The average molecular weight is 198 g/mol. The summed E-state index contributed by atoms with van der Waals surface area (Å²) < 4.78 is 13.4. The molecule has 0 saturated carbocycles. The molecule has 1 N–H and O–H groups in total. The van der Waals surface area contributed by atoms with Crippen LogP contribution in [0.5, 0.6) is 0 Å². The van der Waals surface area contributed by atoms with Crippen molar-refractivity contribution in [2.24, 2.45) is 0 Å². The molecule has 1 aromatic heterocycles. The fourth-order valence-electron chi connectivity index (χ4n) is 1.03. The van der Waals surface area contributed by atoms with Crippen LogP contribution in [0.1, 0.15) is 0 Å². The Morgan fingerprint density at radius 2 is 2.23 bits per heavy atom. The Kier molecular flexibility index (Phi) is 1.98. The molecule has 1 aromatic carbocycles. The summed E-state index contributed by atoms with van der Waals surface area (Å²) in [5.41, 5.74) is 0.793. The topological polar surface area (TPSA) is 41.6 Å². The molecule has 0 bridgehead atoms. The van der Waals surface area contributed by atoms with Gasteiger partial charge < -0.3 is 0 Å². The monoisotopic (exact) mass is 197 g/mol. The summed E-state index contributed by atoms with van der Waals surface area (Å²) in [5, 5.41) is 9.83. The fraction of sp³-hybridized carbons (Fsp3) is 0. The van der Waals surface area contributed by atoms with Crippen LogP contribution >= 0.6 is 11.6 Å². The van der Waals surface area contributed by atoms with E-state index in [2.05, 4.69) is 15.4 Å². The van der Waals surface area contributed by atoms with Gasteiger partial charge in [0.2, 0.25) is 0 Å². The van der Waals surface area contributed by atoms with Crippen molar-refractivity contribution in [3.8, 4) is 11.3 Å². The second-order valence-corrected chi connectivity index (χ2v) is 2.86. The van der Waals surface area contributed by atoms with Crippen molar-refractivity contribution < 1.29 is 4.39 Å².